The first-order valence-corrected chi connectivity index (χ1v) is 7.71. The van der Waals surface area contributed by atoms with E-state index >= 15 is 0 Å². The number of amides is 1. The van der Waals surface area contributed by atoms with Crippen molar-refractivity contribution in [3.05, 3.63) is 29.8 Å². The topological polar surface area (TPSA) is 101 Å². The van der Waals surface area contributed by atoms with Crippen molar-refractivity contribution in [1.29, 1.82) is 0 Å². The minimum absolute atomic E-state index is 0.0582. The van der Waals surface area contributed by atoms with E-state index in [-0.39, 0.29) is 11.7 Å². The maximum Gasteiger partial charge on any atom is 0.251 e. The lowest BCUT2D eigenvalue weighted by atomic mass is 10.2. The van der Waals surface area contributed by atoms with Gasteiger partial charge in [0.15, 0.2) is 0 Å². The number of anilines is 1. The van der Waals surface area contributed by atoms with E-state index in [9.17, 15) is 13.2 Å². The van der Waals surface area contributed by atoms with Crippen LogP contribution in [-0.4, -0.2) is 33.2 Å². The van der Waals surface area contributed by atoms with Crippen LogP contribution in [0.25, 0.3) is 0 Å². The summed E-state index contributed by atoms with van der Waals surface area (Å²) in [5.41, 5.74) is 6.60. The van der Waals surface area contributed by atoms with Gasteiger partial charge in [0.2, 0.25) is 10.0 Å². The molecule has 0 saturated heterocycles. The second-order valence-corrected chi connectivity index (χ2v) is 6.13. The average molecular weight is 285 g/mol. The van der Waals surface area contributed by atoms with Gasteiger partial charge in [-0.05, 0) is 31.5 Å². The molecule has 19 heavy (non-hydrogen) atoms. The van der Waals surface area contributed by atoms with Crippen molar-refractivity contribution < 1.29 is 13.2 Å². The quantitative estimate of drug-likeness (QED) is 0.496. The number of carbonyl (C=O) groups excluding carboxylic acids is 1. The first-order chi connectivity index (χ1) is 8.94. The highest BCUT2D eigenvalue weighted by atomic mass is 32.2. The summed E-state index contributed by atoms with van der Waals surface area (Å²) in [6.45, 7) is 2.29. The molecule has 1 aromatic rings. The molecule has 0 bridgehead atoms. The van der Waals surface area contributed by atoms with Crippen molar-refractivity contribution in [2.45, 2.75) is 13.3 Å². The maximum atomic E-state index is 11.7. The van der Waals surface area contributed by atoms with Gasteiger partial charge in [0.1, 0.15) is 0 Å². The smallest absolute Gasteiger partial charge is 0.251 e. The molecule has 6 nitrogen and oxygen atoms in total. The van der Waals surface area contributed by atoms with E-state index in [2.05, 4.69) is 10.0 Å². The third-order valence-electron chi connectivity index (χ3n) is 2.49. The zero-order valence-corrected chi connectivity index (χ0v) is 11.7. The minimum atomic E-state index is -3.16. The Hall–Kier alpha value is -1.60. The molecule has 0 radical (unpaired) electrons. The highest BCUT2D eigenvalue weighted by molar-refractivity contribution is 7.89. The van der Waals surface area contributed by atoms with Crippen molar-refractivity contribution in [3.63, 3.8) is 0 Å². The number of nitrogen functional groups attached to an aromatic ring is 1. The molecule has 106 valence electrons. The van der Waals surface area contributed by atoms with Gasteiger partial charge in [-0.15, -0.1) is 0 Å². The molecule has 4 N–H and O–H groups in total. The van der Waals surface area contributed by atoms with Crippen LogP contribution in [0.2, 0.25) is 0 Å². The van der Waals surface area contributed by atoms with E-state index in [1.807, 2.05) is 0 Å². The number of nitrogens with two attached hydrogens (primary N) is 1. The minimum Gasteiger partial charge on any atom is -0.399 e. The first-order valence-electron chi connectivity index (χ1n) is 6.05. The predicted octanol–water partition coefficient (Wildman–Crippen LogP) is 0.328. The highest BCUT2D eigenvalue weighted by Crippen LogP contribution is 2.05. The monoisotopic (exact) mass is 285 g/mol. The Labute approximate surface area is 113 Å². The summed E-state index contributed by atoms with van der Waals surface area (Å²) < 4.78 is 24.7. The lowest BCUT2D eigenvalue weighted by molar-refractivity contribution is 0.0953. The van der Waals surface area contributed by atoms with Crippen molar-refractivity contribution in [1.82, 2.24) is 10.0 Å². The van der Waals surface area contributed by atoms with E-state index in [0.29, 0.717) is 30.8 Å². The van der Waals surface area contributed by atoms with Gasteiger partial charge in [-0.1, -0.05) is 6.07 Å². The van der Waals surface area contributed by atoms with Gasteiger partial charge >= 0.3 is 0 Å². The van der Waals surface area contributed by atoms with E-state index in [0.717, 1.165) is 0 Å². The largest absolute Gasteiger partial charge is 0.399 e. The molecule has 1 aromatic carbocycles. The Morgan fingerprint density at radius 2 is 2.05 bits per heavy atom. The molecule has 0 fully saturated rings. The molecule has 0 spiro atoms. The molecule has 0 aliphatic carbocycles. The second kappa shape index (κ2) is 7.10. The zero-order valence-electron chi connectivity index (χ0n) is 10.8. The molecule has 1 rings (SSSR count). The van der Waals surface area contributed by atoms with Crippen LogP contribution in [0.5, 0.6) is 0 Å². The molecular formula is C12H19N3O3S. The van der Waals surface area contributed by atoms with Crippen molar-refractivity contribution in [2.75, 3.05) is 24.6 Å². The molecule has 1 amide bonds. The Balaban J connectivity index is 2.29. The summed E-state index contributed by atoms with van der Waals surface area (Å²) in [5.74, 6) is -0.159. The third-order valence-corrected chi connectivity index (χ3v) is 3.89. The maximum absolute atomic E-state index is 11.7. The number of hydrogen-bond donors (Lipinski definition) is 3. The van der Waals surface area contributed by atoms with Crippen LogP contribution < -0.4 is 15.8 Å². The number of sulfonamides is 1. The number of nitrogens with one attached hydrogen (secondary N) is 2. The molecule has 0 heterocycles. The molecule has 0 aliphatic rings. The standard InChI is InChI=1S/C12H19N3O3S/c1-2-19(17,18)15-8-4-7-14-12(16)10-5-3-6-11(13)9-10/h3,5-6,9,15H,2,4,7-8,13H2,1H3,(H,14,16). The fourth-order valence-electron chi connectivity index (χ4n) is 1.40. The summed E-state index contributed by atoms with van der Waals surface area (Å²) in [7, 11) is -3.16. The van der Waals surface area contributed by atoms with Gasteiger partial charge in [-0.2, -0.15) is 0 Å². The molecule has 0 aliphatic heterocycles. The van der Waals surface area contributed by atoms with Gasteiger partial charge in [0.25, 0.3) is 5.91 Å². The fourth-order valence-corrected chi connectivity index (χ4v) is 2.06. The van der Waals surface area contributed by atoms with E-state index < -0.39 is 10.0 Å². The third kappa shape index (κ3) is 5.71. The lowest BCUT2D eigenvalue weighted by Gasteiger charge is -2.07. The SMILES string of the molecule is CCS(=O)(=O)NCCCNC(=O)c1cccc(N)c1. The summed E-state index contributed by atoms with van der Waals surface area (Å²) >= 11 is 0. The summed E-state index contributed by atoms with van der Waals surface area (Å²) in [6.07, 6.45) is 0.535. The van der Waals surface area contributed by atoms with E-state index in [4.69, 9.17) is 5.73 Å². The van der Waals surface area contributed by atoms with Crippen LogP contribution >= 0.6 is 0 Å². The Morgan fingerprint density at radius 1 is 1.32 bits per heavy atom. The number of carbonyl (C=O) groups is 1. The second-order valence-electron chi connectivity index (χ2n) is 4.03. The summed E-state index contributed by atoms with van der Waals surface area (Å²) in [4.78, 5) is 11.7. The van der Waals surface area contributed by atoms with Gasteiger partial charge in [-0.25, -0.2) is 13.1 Å². The predicted molar refractivity (Wildman–Crippen MR) is 75.3 cm³/mol. The average Bonchev–Trinajstić information content (AvgIpc) is 2.38. The molecule has 0 unspecified atom stereocenters. The van der Waals surface area contributed by atoms with Crippen LogP contribution in [0.15, 0.2) is 24.3 Å². The van der Waals surface area contributed by atoms with Gasteiger partial charge in [-0.3, -0.25) is 4.79 Å². The van der Waals surface area contributed by atoms with Crippen LogP contribution in [0, 0.1) is 0 Å². The van der Waals surface area contributed by atoms with Gasteiger partial charge in [0, 0.05) is 24.3 Å². The number of hydrogen-bond acceptors (Lipinski definition) is 4. The summed E-state index contributed by atoms with van der Waals surface area (Å²) in [5, 5.41) is 2.70. The van der Waals surface area contributed by atoms with Crippen LogP contribution in [-0.2, 0) is 10.0 Å². The van der Waals surface area contributed by atoms with Crippen molar-refractivity contribution in [3.8, 4) is 0 Å². The van der Waals surface area contributed by atoms with Crippen molar-refractivity contribution >= 4 is 21.6 Å². The first kappa shape index (κ1) is 15.5. The van der Waals surface area contributed by atoms with Crippen LogP contribution in [0.1, 0.15) is 23.7 Å². The van der Waals surface area contributed by atoms with Crippen LogP contribution in [0.3, 0.4) is 0 Å². The number of benzene rings is 1. The Kier molecular flexibility index (Phi) is 5.78. The molecule has 7 heteroatoms. The van der Waals surface area contributed by atoms with Crippen molar-refractivity contribution in [2.24, 2.45) is 0 Å². The fraction of sp³-hybridized carbons (Fsp3) is 0.417. The van der Waals surface area contributed by atoms with E-state index in [1.54, 1.807) is 31.2 Å². The molecule has 0 saturated carbocycles. The molecule has 0 atom stereocenters. The van der Waals surface area contributed by atoms with Gasteiger partial charge in [0.05, 0.1) is 5.75 Å². The molecule has 0 aromatic heterocycles. The molecular weight excluding hydrogens is 266 g/mol. The normalized spacial score (nSPS) is 11.2. The van der Waals surface area contributed by atoms with E-state index in [1.165, 1.54) is 0 Å². The van der Waals surface area contributed by atoms with Crippen LogP contribution in [0.4, 0.5) is 5.69 Å². The Morgan fingerprint density at radius 3 is 2.68 bits per heavy atom. The Bertz CT molecular complexity index is 529. The zero-order chi connectivity index (χ0) is 14.3. The lowest BCUT2D eigenvalue weighted by Crippen LogP contribution is -2.30. The highest BCUT2D eigenvalue weighted by Gasteiger charge is 2.06. The number of rotatable bonds is 7. The summed E-state index contributed by atoms with van der Waals surface area (Å²) in [6, 6.07) is 6.68. The van der Waals surface area contributed by atoms with Gasteiger partial charge < -0.3 is 11.1 Å².